The van der Waals surface area contributed by atoms with Crippen LogP contribution in [-0.4, -0.2) is 9.38 Å². The van der Waals surface area contributed by atoms with Crippen molar-refractivity contribution in [1.29, 1.82) is 0 Å². The number of imidazole rings is 1. The maximum Gasteiger partial charge on any atom is 0.146 e. The van der Waals surface area contributed by atoms with Crippen molar-refractivity contribution in [3.05, 3.63) is 73.4 Å². The molecule has 0 aliphatic carbocycles. The van der Waals surface area contributed by atoms with Crippen molar-refractivity contribution < 1.29 is 0 Å². The van der Waals surface area contributed by atoms with Crippen molar-refractivity contribution in [2.24, 2.45) is 0 Å². The van der Waals surface area contributed by atoms with Crippen LogP contribution in [0.2, 0.25) is 0 Å². The first kappa shape index (κ1) is 28.4. The fourth-order valence-corrected chi connectivity index (χ4v) is 3.04. The molecule has 0 aliphatic heterocycles. The molecule has 2 nitrogen and oxygen atoms in total. The molecule has 0 aliphatic rings. The molecule has 0 saturated heterocycles. The number of rotatable bonds is 1. The Hall–Kier alpha value is -2.61. The van der Waals surface area contributed by atoms with Gasteiger partial charge in [0.2, 0.25) is 0 Å². The van der Waals surface area contributed by atoms with Crippen LogP contribution < -0.4 is 0 Å². The summed E-state index contributed by atoms with van der Waals surface area (Å²) in [5.41, 5.74) is 4.65. The summed E-state index contributed by atoms with van der Waals surface area (Å²) in [5.74, 6) is 0. The Balaban J connectivity index is 0.000000784. The third-order valence-corrected chi connectivity index (χ3v) is 4.56. The van der Waals surface area contributed by atoms with Crippen molar-refractivity contribution in [2.75, 3.05) is 0 Å². The zero-order chi connectivity index (χ0) is 24.0. The van der Waals surface area contributed by atoms with Gasteiger partial charge in [0.25, 0.3) is 0 Å². The predicted molar refractivity (Wildman–Crippen MR) is 143 cm³/mol. The molecule has 0 atom stereocenters. The molecule has 0 unspecified atom stereocenters. The van der Waals surface area contributed by atoms with Gasteiger partial charge >= 0.3 is 0 Å². The Kier molecular flexibility index (Phi) is 13.2. The third kappa shape index (κ3) is 6.95. The van der Waals surface area contributed by atoms with Crippen LogP contribution in [-0.2, 0) is 5.41 Å². The number of hydrogen-bond acceptors (Lipinski definition) is 1. The predicted octanol–water partition coefficient (Wildman–Crippen LogP) is 9.60. The van der Waals surface area contributed by atoms with Crippen molar-refractivity contribution in [2.45, 2.75) is 80.6 Å². The Morgan fingerprint density at radius 3 is 1.87 bits per heavy atom. The van der Waals surface area contributed by atoms with E-state index in [-0.39, 0.29) is 5.41 Å². The van der Waals surface area contributed by atoms with Crippen molar-refractivity contribution in [3.8, 4) is 0 Å². The lowest BCUT2D eigenvalue weighted by molar-refractivity contribution is 0.564. The molecular formula is C29H44N2. The first-order valence-corrected chi connectivity index (χ1v) is 11.8. The average Bonchev–Trinajstić information content (AvgIpc) is 3.22. The Labute approximate surface area is 191 Å². The van der Waals surface area contributed by atoms with Gasteiger partial charge < -0.3 is 0 Å². The van der Waals surface area contributed by atoms with Crippen molar-refractivity contribution >= 4 is 27.5 Å². The van der Waals surface area contributed by atoms with Crippen LogP contribution in [0.25, 0.3) is 27.5 Å². The Morgan fingerprint density at radius 2 is 1.32 bits per heavy atom. The van der Waals surface area contributed by atoms with Gasteiger partial charge in [0.15, 0.2) is 0 Å². The fraction of sp³-hybridized carbons (Fsp3) is 0.414. The second-order valence-electron chi connectivity index (χ2n) is 7.63. The van der Waals surface area contributed by atoms with Crippen LogP contribution >= 0.6 is 0 Å². The van der Waals surface area contributed by atoms with Gasteiger partial charge in [0.05, 0.1) is 11.0 Å². The number of unbranched alkanes of at least 4 members (excludes halogenated alkanes) is 1. The van der Waals surface area contributed by atoms with E-state index in [9.17, 15) is 0 Å². The fourth-order valence-electron chi connectivity index (χ4n) is 3.04. The van der Waals surface area contributed by atoms with Gasteiger partial charge in [0, 0.05) is 16.5 Å². The first-order chi connectivity index (χ1) is 15.0. The van der Waals surface area contributed by atoms with E-state index in [0.717, 1.165) is 11.2 Å². The quantitative estimate of drug-likeness (QED) is 0.280. The van der Waals surface area contributed by atoms with Crippen LogP contribution in [0.1, 0.15) is 80.8 Å². The lowest BCUT2D eigenvalue weighted by atomic mass is 9.90. The number of fused-ring (bicyclic) bond motifs is 5. The highest BCUT2D eigenvalue weighted by molar-refractivity contribution is 5.98. The zero-order valence-corrected chi connectivity index (χ0v) is 21.4. The van der Waals surface area contributed by atoms with Crippen molar-refractivity contribution in [1.82, 2.24) is 9.38 Å². The molecule has 0 saturated carbocycles. The summed E-state index contributed by atoms with van der Waals surface area (Å²) in [6.07, 6.45) is 2.64. The summed E-state index contributed by atoms with van der Waals surface area (Å²) < 4.78 is 2.32. The highest BCUT2D eigenvalue weighted by atomic mass is 15.0. The smallest absolute Gasteiger partial charge is 0.146 e. The minimum Gasteiger partial charge on any atom is -0.296 e. The highest BCUT2D eigenvalue weighted by Crippen LogP contribution is 2.32. The van der Waals surface area contributed by atoms with Gasteiger partial charge in [-0.05, 0) is 23.6 Å². The third-order valence-electron chi connectivity index (χ3n) is 4.56. The number of para-hydroxylation sites is 2. The zero-order valence-electron chi connectivity index (χ0n) is 21.4. The molecule has 2 heterocycles. The maximum absolute atomic E-state index is 4.88. The van der Waals surface area contributed by atoms with Crippen LogP contribution in [0, 0.1) is 0 Å². The van der Waals surface area contributed by atoms with Gasteiger partial charge in [-0.25, -0.2) is 4.98 Å². The van der Waals surface area contributed by atoms with Gasteiger partial charge in [0.1, 0.15) is 5.65 Å². The van der Waals surface area contributed by atoms with E-state index in [1.807, 2.05) is 33.8 Å². The van der Waals surface area contributed by atoms with Gasteiger partial charge in [-0.1, -0.05) is 112 Å². The monoisotopic (exact) mass is 420 g/mol. The minimum absolute atomic E-state index is 0.0613. The topological polar surface area (TPSA) is 17.3 Å². The summed E-state index contributed by atoms with van der Waals surface area (Å²) in [6, 6.07) is 19.2. The molecule has 0 bridgehead atoms. The largest absolute Gasteiger partial charge is 0.296 e. The summed E-state index contributed by atoms with van der Waals surface area (Å²) >= 11 is 0. The maximum atomic E-state index is 4.88. The average molecular weight is 421 g/mol. The number of aromatic nitrogens is 2. The molecule has 170 valence electrons. The number of nitrogens with zero attached hydrogens (tertiary/aromatic N) is 2. The summed E-state index contributed by atoms with van der Waals surface area (Å²) in [7, 11) is 0. The van der Waals surface area contributed by atoms with Gasteiger partial charge in [-0.15, -0.1) is 13.2 Å². The lowest BCUT2D eigenvalue weighted by Gasteiger charge is -2.22. The summed E-state index contributed by atoms with van der Waals surface area (Å²) in [4.78, 5) is 4.88. The lowest BCUT2D eigenvalue weighted by Crippen LogP contribution is -2.16. The normalized spacial score (nSPS) is 9.97. The van der Waals surface area contributed by atoms with Crippen LogP contribution in [0.3, 0.4) is 0 Å². The molecule has 4 rings (SSSR count). The number of hydrogen-bond donors (Lipinski definition) is 0. The van der Waals surface area contributed by atoms with Gasteiger partial charge in [-0.2, -0.15) is 0 Å². The second-order valence-corrected chi connectivity index (χ2v) is 7.63. The SMILES string of the molecule is C=C.CC.CC.CC(C)(C)c1cc2ccccc2c2nc3ccccc3n12.CCCC. The molecule has 2 aromatic carbocycles. The van der Waals surface area contributed by atoms with Crippen LogP contribution in [0.5, 0.6) is 0 Å². The molecule has 0 radical (unpaired) electrons. The minimum atomic E-state index is 0.0613. The van der Waals surface area contributed by atoms with Crippen LogP contribution in [0.15, 0.2) is 67.8 Å². The van der Waals surface area contributed by atoms with Crippen molar-refractivity contribution in [3.63, 3.8) is 0 Å². The standard InChI is InChI=1S/C19H18N2.C4H10.2C2H6.C2H4/c1-19(2,3)17-12-13-8-4-5-9-14(13)18-20-15-10-6-7-11-16(15)21(17)18;1-3-4-2;3*1-2/h4-12H,1-3H3;3-4H2,1-2H3;2*1-2H3;1-2H2. The second kappa shape index (κ2) is 14.4. The van der Waals surface area contributed by atoms with E-state index in [2.05, 4.69) is 101 Å². The summed E-state index contributed by atoms with van der Waals surface area (Å²) in [5, 5.41) is 2.46. The molecule has 2 heteroatoms. The van der Waals surface area contributed by atoms with E-state index in [1.165, 1.54) is 34.8 Å². The Morgan fingerprint density at radius 1 is 0.806 bits per heavy atom. The molecule has 0 fully saturated rings. The summed E-state index contributed by atoms with van der Waals surface area (Å²) in [6.45, 7) is 25.1. The number of pyridine rings is 1. The molecule has 31 heavy (non-hydrogen) atoms. The molecule has 0 N–H and O–H groups in total. The molecule has 2 aromatic heterocycles. The molecule has 4 aromatic rings. The highest BCUT2D eigenvalue weighted by Gasteiger charge is 2.21. The van der Waals surface area contributed by atoms with Crippen LogP contribution in [0.4, 0.5) is 0 Å². The Bertz CT molecular complexity index is 1020. The van der Waals surface area contributed by atoms with E-state index >= 15 is 0 Å². The van der Waals surface area contributed by atoms with E-state index < -0.39 is 0 Å². The van der Waals surface area contributed by atoms with E-state index in [4.69, 9.17) is 4.98 Å². The molecular weight excluding hydrogens is 376 g/mol. The molecule has 0 amide bonds. The number of benzene rings is 2. The molecule has 0 spiro atoms. The first-order valence-electron chi connectivity index (χ1n) is 11.8. The van der Waals surface area contributed by atoms with E-state index in [0.29, 0.717) is 0 Å². The van der Waals surface area contributed by atoms with E-state index in [1.54, 1.807) is 0 Å². The van der Waals surface area contributed by atoms with Gasteiger partial charge in [-0.3, -0.25) is 4.40 Å².